The molecule has 0 fully saturated rings. The maximum atomic E-state index is 11.1. The van der Waals surface area contributed by atoms with Crippen LogP contribution in [0, 0.1) is 0 Å². The molecule has 5 heteroatoms. The molecule has 0 aliphatic heterocycles. The summed E-state index contributed by atoms with van der Waals surface area (Å²) in [6.45, 7) is 1.02. The molecule has 0 aliphatic rings. The van der Waals surface area contributed by atoms with Crippen LogP contribution in [-0.4, -0.2) is 11.1 Å². The van der Waals surface area contributed by atoms with Crippen molar-refractivity contribution in [3.63, 3.8) is 0 Å². The van der Waals surface area contributed by atoms with Gasteiger partial charge in [0, 0.05) is 30.3 Å². The van der Waals surface area contributed by atoms with E-state index in [1.165, 1.54) is 6.07 Å². The van der Waals surface area contributed by atoms with Crippen LogP contribution >= 0.6 is 0 Å². The van der Waals surface area contributed by atoms with Crippen molar-refractivity contribution in [1.29, 1.82) is 0 Å². The molecule has 0 aliphatic carbocycles. The zero-order chi connectivity index (χ0) is 9.52. The van der Waals surface area contributed by atoms with E-state index in [2.05, 4.69) is 10.0 Å². The summed E-state index contributed by atoms with van der Waals surface area (Å²) < 4.78 is 1.59. The first kappa shape index (κ1) is 9.35. The largest absolute Gasteiger partial charge is 0.316 e. The summed E-state index contributed by atoms with van der Waals surface area (Å²) in [5.74, 6) is 0. The number of nitrogens with zero attached hydrogens (tertiary/aromatic N) is 4. The monoisotopic (exact) mass is 178 g/mol. The third-order valence-corrected chi connectivity index (χ3v) is 1.62. The van der Waals surface area contributed by atoms with Crippen molar-refractivity contribution in [3.05, 3.63) is 45.2 Å². The highest BCUT2D eigenvalue weighted by Gasteiger charge is 1.91. The van der Waals surface area contributed by atoms with Crippen molar-refractivity contribution in [1.82, 2.24) is 4.57 Å². The van der Waals surface area contributed by atoms with Crippen molar-refractivity contribution >= 4 is 0 Å². The first-order chi connectivity index (χ1) is 6.34. The molecule has 1 heterocycles. The van der Waals surface area contributed by atoms with Gasteiger partial charge in [-0.1, -0.05) is 11.2 Å². The maximum absolute atomic E-state index is 11.1. The van der Waals surface area contributed by atoms with E-state index in [0.717, 1.165) is 0 Å². The third kappa shape index (κ3) is 3.01. The lowest BCUT2D eigenvalue weighted by Gasteiger charge is -2.01. The van der Waals surface area contributed by atoms with E-state index in [9.17, 15) is 4.79 Å². The maximum Gasteiger partial charge on any atom is 0.250 e. The molecular formula is C8H10N4O. The molecule has 0 bridgehead atoms. The van der Waals surface area contributed by atoms with E-state index in [4.69, 9.17) is 5.53 Å². The highest BCUT2D eigenvalue weighted by atomic mass is 16.1. The summed E-state index contributed by atoms with van der Waals surface area (Å²) in [5, 5.41) is 3.38. The van der Waals surface area contributed by atoms with E-state index in [1.54, 1.807) is 22.9 Å². The molecule has 68 valence electrons. The first-order valence-corrected chi connectivity index (χ1v) is 4.01. The number of hydrogen-bond donors (Lipinski definition) is 0. The van der Waals surface area contributed by atoms with Crippen LogP contribution in [0.4, 0.5) is 0 Å². The average Bonchev–Trinajstić information content (AvgIpc) is 2.15. The van der Waals surface area contributed by atoms with Crippen LogP contribution in [0.15, 0.2) is 34.3 Å². The van der Waals surface area contributed by atoms with E-state index in [0.29, 0.717) is 19.5 Å². The number of hydrogen-bond acceptors (Lipinski definition) is 2. The number of aryl methyl sites for hydroxylation is 1. The summed E-state index contributed by atoms with van der Waals surface area (Å²) in [6.07, 6.45) is 2.41. The Balaban J connectivity index is 2.50. The fourth-order valence-electron chi connectivity index (χ4n) is 1.00. The zero-order valence-electron chi connectivity index (χ0n) is 7.13. The fourth-order valence-corrected chi connectivity index (χ4v) is 1.00. The lowest BCUT2D eigenvalue weighted by molar-refractivity contribution is 0.629. The molecule has 0 aromatic carbocycles. The van der Waals surface area contributed by atoms with Crippen LogP contribution in [0.5, 0.6) is 0 Å². The predicted molar refractivity (Wildman–Crippen MR) is 49.3 cm³/mol. The third-order valence-electron chi connectivity index (χ3n) is 1.62. The number of aromatic nitrogens is 1. The Morgan fingerprint density at radius 1 is 1.54 bits per heavy atom. The minimum Gasteiger partial charge on any atom is -0.316 e. The van der Waals surface area contributed by atoms with Gasteiger partial charge in [0.15, 0.2) is 0 Å². The van der Waals surface area contributed by atoms with Crippen molar-refractivity contribution in [3.8, 4) is 0 Å². The molecule has 0 N–H and O–H groups in total. The molecule has 0 atom stereocenters. The topological polar surface area (TPSA) is 70.8 Å². The second-order valence-corrected chi connectivity index (χ2v) is 2.54. The Morgan fingerprint density at radius 2 is 2.38 bits per heavy atom. The minimum absolute atomic E-state index is 0.0246. The minimum atomic E-state index is -0.0246. The number of pyridine rings is 1. The molecule has 0 saturated heterocycles. The lowest BCUT2D eigenvalue weighted by Crippen LogP contribution is -2.17. The standard InChI is InChI=1S/C8H10N4O/c9-11-10-5-3-7-12-6-2-1-4-8(12)13/h1-2,4,6H,3,5,7H2. The summed E-state index contributed by atoms with van der Waals surface area (Å²) in [4.78, 5) is 13.8. The van der Waals surface area contributed by atoms with Crippen LogP contribution in [0.3, 0.4) is 0 Å². The first-order valence-electron chi connectivity index (χ1n) is 4.01. The van der Waals surface area contributed by atoms with Crippen molar-refractivity contribution in [2.24, 2.45) is 5.11 Å². The highest BCUT2D eigenvalue weighted by Crippen LogP contribution is 1.88. The fraction of sp³-hybridized carbons (Fsp3) is 0.375. The van der Waals surface area contributed by atoms with Gasteiger partial charge in [-0.05, 0) is 18.0 Å². The summed E-state index contributed by atoms with van der Waals surface area (Å²) in [6, 6.07) is 5.01. The molecule has 0 amide bonds. The van der Waals surface area contributed by atoms with E-state index >= 15 is 0 Å². The van der Waals surface area contributed by atoms with Crippen LogP contribution in [0.2, 0.25) is 0 Å². The Hall–Kier alpha value is -1.74. The second-order valence-electron chi connectivity index (χ2n) is 2.54. The molecule has 13 heavy (non-hydrogen) atoms. The Kier molecular flexibility index (Phi) is 3.60. The van der Waals surface area contributed by atoms with Crippen LogP contribution < -0.4 is 5.56 Å². The zero-order valence-corrected chi connectivity index (χ0v) is 7.13. The van der Waals surface area contributed by atoms with Gasteiger partial charge in [0.25, 0.3) is 0 Å². The summed E-state index contributed by atoms with van der Waals surface area (Å²) in [5.41, 5.74) is 7.98. The number of azide groups is 1. The summed E-state index contributed by atoms with van der Waals surface area (Å²) >= 11 is 0. The molecule has 0 unspecified atom stereocenters. The van der Waals surface area contributed by atoms with Gasteiger partial charge in [-0.25, -0.2) is 0 Å². The van der Waals surface area contributed by atoms with Gasteiger partial charge < -0.3 is 4.57 Å². The van der Waals surface area contributed by atoms with Gasteiger partial charge in [-0.15, -0.1) is 0 Å². The predicted octanol–water partition coefficient (Wildman–Crippen LogP) is 1.55. The molecule has 0 spiro atoms. The average molecular weight is 178 g/mol. The van der Waals surface area contributed by atoms with Crippen molar-refractivity contribution in [2.75, 3.05) is 6.54 Å². The van der Waals surface area contributed by atoms with E-state index in [-0.39, 0.29) is 5.56 Å². The van der Waals surface area contributed by atoms with Gasteiger partial charge in [0.2, 0.25) is 5.56 Å². The number of rotatable bonds is 4. The normalized spacial score (nSPS) is 9.23. The van der Waals surface area contributed by atoms with Crippen LogP contribution in [-0.2, 0) is 6.54 Å². The van der Waals surface area contributed by atoms with Gasteiger partial charge >= 0.3 is 0 Å². The molecular weight excluding hydrogens is 168 g/mol. The quantitative estimate of drug-likeness (QED) is 0.298. The van der Waals surface area contributed by atoms with Crippen molar-refractivity contribution < 1.29 is 0 Å². The van der Waals surface area contributed by atoms with E-state index in [1.807, 2.05) is 0 Å². The molecule has 1 aromatic rings. The summed E-state index contributed by atoms with van der Waals surface area (Å²) in [7, 11) is 0. The smallest absolute Gasteiger partial charge is 0.250 e. The van der Waals surface area contributed by atoms with Crippen LogP contribution in [0.1, 0.15) is 6.42 Å². The van der Waals surface area contributed by atoms with Crippen molar-refractivity contribution in [2.45, 2.75) is 13.0 Å². The SMILES string of the molecule is [N-]=[N+]=NCCCn1ccccc1=O. The Labute approximate surface area is 75.3 Å². The van der Waals surface area contributed by atoms with Gasteiger partial charge in [0.1, 0.15) is 0 Å². The van der Waals surface area contributed by atoms with Gasteiger partial charge in [-0.3, -0.25) is 4.79 Å². The molecule has 5 nitrogen and oxygen atoms in total. The lowest BCUT2D eigenvalue weighted by atomic mass is 10.4. The van der Waals surface area contributed by atoms with Gasteiger partial charge in [0.05, 0.1) is 0 Å². The Morgan fingerprint density at radius 3 is 3.08 bits per heavy atom. The molecule has 1 rings (SSSR count). The van der Waals surface area contributed by atoms with Gasteiger partial charge in [-0.2, -0.15) is 0 Å². The molecule has 1 aromatic heterocycles. The molecule has 0 saturated carbocycles. The highest BCUT2D eigenvalue weighted by molar-refractivity contribution is 4.92. The van der Waals surface area contributed by atoms with E-state index < -0.39 is 0 Å². The second kappa shape index (κ2) is 5.00. The van der Waals surface area contributed by atoms with Crippen LogP contribution in [0.25, 0.3) is 10.4 Å². The molecule has 0 radical (unpaired) electrons. The Bertz CT molecular complexity index is 364.